The number of amides is 1. The van der Waals surface area contributed by atoms with Crippen molar-refractivity contribution in [2.75, 3.05) is 5.32 Å². The van der Waals surface area contributed by atoms with Crippen molar-refractivity contribution < 1.29 is 14.3 Å². The smallest absolute Gasteiger partial charge is 0.338 e. The molecule has 1 heterocycles. The summed E-state index contributed by atoms with van der Waals surface area (Å²) >= 11 is 0. The average Bonchev–Trinajstić information content (AvgIpc) is 2.94. The van der Waals surface area contributed by atoms with E-state index in [1.54, 1.807) is 25.1 Å². The predicted octanol–water partition coefficient (Wildman–Crippen LogP) is 7.38. The maximum Gasteiger partial charge on any atom is 0.338 e. The van der Waals surface area contributed by atoms with Gasteiger partial charge in [-0.2, -0.15) is 0 Å². The van der Waals surface area contributed by atoms with E-state index in [2.05, 4.69) is 17.4 Å². The lowest BCUT2D eigenvalue weighted by molar-refractivity contribution is -0.123. The lowest BCUT2D eigenvalue weighted by atomic mass is 10.0. The van der Waals surface area contributed by atoms with Gasteiger partial charge in [0.05, 0.1) is 28.0 Å². The first-order chi connectivity index (χ1) is 19.2. The molecular formula is C34H31N3O3. The third kappa shape index (κ3) is 5.76. The molecule has 0 bridgehead atoms. The van der Waals surface area contributed by atoms with Gasteiger partial charge in [0.2, 0.25) is 0 Å². The normalized spacial score (nSPS) is 11.7. The van der Waals surface area contributed by atoms with E-state index < -0.39 is 18.0 Å². The molecule has 0 aliphatic heterocycles. The Hall–Kier alpha value is -4.84. The summed E-state index contributed by atoms with van der Waals surface area (Å²) in [4.78, 5) is 35.7. The van der Waals surface area contributed by atoms with Crippen molar-refractivity contribution in [2.45, 2.75) is 40.7 Å². The van der Waals surface area contributed by atoms with E-state index in [4.69, 9.17) is 14.7 Å². The number of carbonyl (C=O) groups is 2. The third-order valence-electron chi connectivity index (χ3n) is 6.84. The molecule has 0 aliphatic carbocycles. The quantitative estimate of drug-likeness (QED) is 0.232. The molecule has 0 saturated heterocycles. The molecule has 1 unspecified atom stereocenters. The van der Waals surface area contributed by atoms with Crippen molar-refractivity contribution in [1.29, 1.82) is 0 Å². The molecule has 40 heavy (non-hydrogen) atoms. The van der Waals surface area contributed by atoms with Crippen molar-refractivity contribution in [3.05, 3.63) is 113 Å². The van der Waals surface area contributed by atoms with Gasteiger partial charge in [-0.25, -0.2) is 14.8 Å². The van der Waals surface area contributed by atoms with Crippen LogP contribution in [-0.4, -0.2) is 27.9 Å². The van der Waals surface area contributed by atoms with Crippen LogP contribution in [0.15, 0.2) is 84.9 Å². The van der Waals surface area contributed by atoms with E-state index in [1.165, 1.54) is 0 Å². The Labute approximate surface area is 234 Å². The first-order valence-electron chi connectivity index (χ1n) is 13.2. The van der Waals surface area contributed by atoms with Gasteiger partial charge < -0.3 is 10.1 Å². The van der Waals surface area contributed by atoms with Crippen LogP contribution in [0.1, 0.15) is 39.5 Å². The van der Waals surface area contributed by atoms with E-state index in [9.17, 15) is 9.59 Å². The van der Waals surface area contributed by atoms with Gasteiger partial charge in [0.1, 0.15) is 0 Å². The highest BCUT2D eigenvalue weighted by Gasteiger charge is 2.21. The number of nitrogens with zero attached hydrogens (tertiary/aromatic N) is 2. The lowest BCUT2D eigenvalue weighted by Gasteiger charge is -2.15. The molecule has 6 nitrogen and oxygen atoms in total. The highest BCUT2D eigenvalue weighted by molar-refractivity contribution is 5.99. The molecule has 0 saturated carbocycles. The summed E-state index contributed by atoms with van der Waals surface area (Å²) in [5.41, 5.74) is 9.94. The molecule has 0 spiro atoms. The van der Waals surface area contributed by atoms with Gasteiger partial charge in [-0.3, -0.25) is 4.79 Å². The molecule has 5 rings (SSSR count). The molecule has 200 valence electrons. The number of rotatable bonds is 6. The van der Waals surface area contributed by atoms with Crippen molar-refractivity contribution in [3.63, 3.8) is 0 Å². The second-order valence-corrected chi connectivity index (χ2v) is 10.2. The lowest BCUT2D eigenvalue weighted by Crippen LogP contribution is -2.30. The van der Waals surface area contributed by atoms with Gasteiger partial charge >= 0.3 is 5.97 Å². The number of carbonyl (C=O) groups excluding carboxylic acids is 2. The summed E-state index contributed by atoms with van der Waals surface area (Å²) in [5, 5.41) is 2.84. The Bertz CT molecular complexity index is 1730. The zero-order chi connectivity index (χ0) is 28.4. The maximum atomic E-state index is 13.0. The highest BCUT2D eigenvalue weighted by Crippen LogP contribution is 2.32. The van der Waals surface area contributed by atoms with Crippen LogP contribution in [-0.2, 0) is 9.53 Å². The highest BCUT2D eigenvalue weighted by atomic mass is 16.5. The second-order valence-electron chi connectivity index (χ2n) is 10.2. The Morgan fingerprint density at radius 1 is 0.675 bits per heavy atom. The summed E-state index contributed by atoms with van der Waals surface area (Å²) < 4.78 is 5.52. The SMILES string of the molecule is Cc1ccc(-c2nc3ccc(C(=O)OC(C)C(=O)Nc4ccc(C)cc4C)cc3nc2-c2ccc(C)cc2)cc1. The fraction of sp³-hybridized carbons (Fsp3) is 0.176. The summed E-state index contributed by atoms with van der Waals surface area (Å²) in [7, 11) is 0. The Morgan fingerprint density at radius 3 is 1.80 bits per heavy atom. The fourth-order valence-corrected chi connectivity index (χ4v) is 4.48. The van der Waals surface area contributed by atoms with Crippen LogP contribution >= 0.6 is 0 Å². The summed E-state index contributed by atoms with van der Waals surface area (Å²) in [6.45, 7) is 9.55. The Kier molecular flexibility index (Phi) is 7.43. The maximum absolute atomic E-state index is 13.0. The molecule has 1 aromatic heterocycles. The molecular weight excluding hydrogens is 498 g/mol. The number of anilines is 1. The molecule has 5 aromatic rings. The molecule has 0 fully saturated rings. The zero-order valence-corrected chi connectivity index (χ0v) is 23.3. The monoisotopic (exact) mass is 529 g/mol. The van der Waals surface area contributed by atoms with Crippen LogP contribution in [0.25, 0.3) is 33.5 Å². The minimum Gasteiger partial charge on any atom is -0.449 e. The predicted molar refractivity (Wildman–Crippen MR) is 159 cm³/mol. The molecule has 4 aromatic carbocycles. The molecule has 1 atom stereocenters. The van der Waals surface area contributed by atoms with Gasteiger partial charge in [0, 0.05) is 16.8 Å². The van der Waals surface area contributed by atoms with Gasteiger partial charge in [0.15, 0.2) is 6.10 Å². The van der Waals surface area contributed by atoms with Gasteiger partial charge in [-0.05, 0) is 64.4 Å². The number of ether oxygens (including phenoxy) is 1. The summed E-state index contributed by atoms with van der Waals surface area (Å²) in [6.07, 6.45) is -0.984. The number of hydrogen-bond donors (Lipinski definition) is 1. The molecule has 1 N–H and O–H groups in total. The third-order valence-corrected chi connectivity index (χ3v) is 6.84. The molecule has 0 aliphatic rings. The van der Waals surface area contributed by atoms with Crippen LogP contribution in [0, 0.1) is 27.7 Å². The van der Waals surface area contributed by atoms with Gasteiger partial charge in [-0.1, -0.05) is 77.4 Å². The van der Waals surface area contributed by atoms with E-state index in [1.807, 2.05) is 82.3 Å². The molecule has 1 amide bonds. The van der Waals surface area contributed by atoms with E-state index >= 15 is 0 Å². The van der Waals surface area contributed by atoms with E-state index in [-0.39, 0.29) is 0 Å². The van der Waals surface area contributed by atoms with Gasteiger partial charge in [0.25, 0.3) is 5.91 Å². The Morgan fingerprint density at radius 2 is 1.23 bits per heavy atom. The first kappa shape index (κ1) is 26.8. The minimum absolute atomic E-state index is 0.297. The average molecular weight is 530 g/mol. The number of benzene rings is 4. The largest absolute Gasteiger partial charge is 0.449 e. The number of aromatic nitrogens is 2. The van der Waals surface area contributed by atoms with Crippen LogP contribution < -0.4 is 5.32 Å². The van der Waals surface area contributed by atoms with Crippen LogP contribution in [0.3, 0.4) is 0 Å². The van der Waals surface area contributed by atoms with Crippen LogP contribution in [0.5, 0.6) is 0 Å². The number of aryl methyl sites for hydroxylation is 4. The van der Waals surface area contributed by atoms with Gasteiger partial charge in [-0.15, -0.1) is 0 Å². The zero-order valence-electron chi connectivity index (χ0n) is 23.3. The summed E-state index contributed by atoms with van der Waals surface area (Å²) in [5.74, 6) is -1.00. The standard InChI is InChI=1S/C34H31N3O3/c1-20-6-11-25(12-7-20)31-32(26-13-8-21(2)9-14-26)36-30-19-27(15-17-29(30)35-31)34(39)40-24(5)33(38)37-28-16-10-22(3)18-23(28)4/h6-19,24H,1-5H3,(H,37,38). The number of hydrogen-bond acceptors (Lipinski definition) is 5. The van der Waals surface area contributed by atoms with Crippen molar-refractivity contribution >= 4 is 28.6 Å². The number of fused-ring (bicyclic) bond motifs is 1. The first-order valence-corrected chi connectivity index (χ1v) is 13.2. The minimum atomic E-state index is -0.984. The van der Waals surface area contributed by atoms with Crippen molar-refractivity contribution in [2.24, 2.45) is 0 Å². The van der Waals surface area contributed by atoms with Crippen molar-refractivity contribution in [3.8, 4) is 22.5 Å². The fourth-order valence-electron chi connectivity index (χ4n) is 4.48. The number of esters is 1. The van der Waals surface area contributed by atoms with E-state index in [0.29, 0.717) is 22.3 Å². The van der Waals surface area contributed by atoms with Crippen molar-refractivity contribution in [1.82, 2.24) is 9.97 Å². The van der Waals surface area contributed by atoms with E-state index in [0.717, 1.165) is 44.8 Å². The molecule has 0 radical (unpaired) electrons. The van der Waals surface area contributed by atoms with Crippen LogP contribution in [0.2, 0.25) is 0 Å². The number of nitrogens with one attached hydrogen (secondary N) is 1. The topological polar surface area (TPSA) is 81.2 Å². The Balaban J connectivity index is 1.44. The van der Waals surface area contributed by atoms with Crippen LogP contribution in [0.4, 0.5) is 5.69 Å². The molecule has 6 heteroatoms. The second kappa shape index (κ2) is 11.1. The summed E-state index contributed by atoms with van der Waals surface area (Å²) in [6, 6.07) is 27.1.